The van der Waals surface area contributed by atoms with E-state index in [9.17, 15) is 4.79 Å². The molecule has 2 unspecified atom stereocenters. The number of morpholine rings is 1. The number of nitrogens with zero attached hydrogens (tertiary/aromatic N) is 1. The van der Waals surface area contributed by atoms with E-state index < -0.39 is 0 Å². The second-order valence-corrected chi connectivity index (χ2v) is 6.06. The monoisotopic (exact) mass is 274 g/mol. The zero-order valence-corrected chi connectivity index (χ0v) is 12.6. The summed E-state index contributed by atoms with van der Waals surface area (Å²) < 4.78 is 5.41. The van der Waals surface area contributed by atoms with Gasteiger partial charge < -0.3 is 15.0 Å². The van der Waals surface area contributed by atoms with E-state index in [2.05, 4.69) is 26.1 Å². The van der Waals surface area contributed by atoms with Gasteiger partial charge in [0.2, 0.25) is 0 Å². The van der Waals surface area contributed by atoms with E-state index in [-0.39, 0.29) is 18.1 Å². The highest BCUT2D eigenvalue weighted by Crippen LogP contribution is 2.11. The van der Waals surface area contributed by atoms with Gasteiger partial charge in [-0.1, -0.05) is 13.8 Å². The van der Waals surface area contributed by atoms with E-state index in [1.54, 1.807) is 0 Å². The summed E-state index contributed by atoms with van der Waals surface area (Å²) in [5.74, 6) is 2.25. The Morgan fingerprint density at radius 3 is 3.00 bits per heavy atom. The van der Waals surface area contributed by atoms with Crippen LogP contribution < -0.4 is 5.32 Å². The Kier molecular flexibility index (Phi) is 7.51. The number of hydrogen-bond donors (Lipinski definition) is 1. The number of amides is 2. The largest absolute Gasteiger partial charge is 0.377 e. The van der Waals surface area contributed by atoms with Crippen molar-refractivity contribution in [2.75, 3.05) is 31.3 Å². The van der Waals surface area contributed by atoms with Gasteiger partial charge in [-0.25, -0.2) is 4.79 Å². The van der Waals surface area contributed by atoms with E-state index in [4.69, 9.17) is 4.74 Å². The van der Waals surface area contributed by atoms with Gasteiger partial charge in [0, 0.05) is 12.6 Å². The molecule has 0 bridgehead atoms. The summed E-state index contributed by atoms with van der Waals surface area (Å²) in [7, 11) is 0. The minimum atomic E-state index is 0.0687. The Labute approximate surface area is 115 Å². The molecule has 5 heteroatoms. The van der Waals surface area contributed by atoms with Crippen molar-refractivity contribution in [1.29, 1.82) is 0 Å². The van der Waals surface area contributed by atoms with Gasteiger partial charge in [0.25, 0.3) is 0 Å². The summed E-state index contributed by atoms with van der Waals surface area (Å²) in [6.45, 7) is 8.37. The molecule has 1 saturated heterocycles. The van der Waals surface area contributed by atoms with Crippen LogP contribution in [0.4, 0.5) is 4.79 Å². The predicted molar refractivity (Wildman–Crippen MR) is 77.2 cm³/mol. The minimum absolute atomic E-state index is 0.0687. The van der Waals surface area contributed by atoms with Gasteiger partial charge in [-0.05, 0) is 31.3 Å². The van der Waals surface area contributed by atoms with Gasteiger partial charge in [-0.2, -0.15) is 11.8 Å². The number of hydrogen-bond acceptors (Lipinski definition) is 3. The SMILES string of the molecule is CCSCCC(C)NC(=O)N1CCOCC1CC. The first kappa shape index (κ1) is 15.6. The van der Waals surface area contributed by atoms with Crippen molar-refractivity contribution in [2.24, 2.45) is 0 Å². The second-order valence-electron chi connectivity index (χ2n) is 4.67. The maximum Gasteiger partial charge on any atom is 0.318 e. The van der Waals surface area contributed by atoms with Crippen LogP contribution in [-0.2, 0) is 4.74 Å². The number of thioether (sulfide) groups is 1. The fraction of sp³-hybridized carbons (Fsp3) is 0.923. The molecule has 0 spiro atoms. The fourth-order valence-corrected chi connectivity index (χ4v) is 2.84. The van der Waals surface area contributed by atoms with Gasteiger partial charge in [-0.3, -0.25) is 0 Å². The molecule has 1 N–H and O–H groups in total. The highest BCUT2D eigenvalue weighted by molar-refractivity contribution is 7.99. The summed E-state index contributed by atoms with van der Waals surface area (Å²) in [5, 5.41) is 3.09. The van der Waals surface area contributed by atoms with Gasteiger partial charge in [0.1, 0.15) is 0 Å². The summed E-state index contributed by atoms with van der Waals surface area (Å²) in [5.41, 5.74) is 0. The first-order chi connectivity index (χ1) is 8.69. The van der Waals surface area contributed by atoms with Gasteiger partial charge in [0.05, 0.1) is 19.3 Å². The zero-order valence-electron chi connectivity index (χ0n) is 11.8. The molecule has 18 heavy (non-hydrogen) atoms. The lowest BCUT2D eigenvalue weighted by Gasteiger charge is -2.35. The van der Waals surface area contributed by atoms with Crippen molar-refractivity contribution in [2.45, 2.75) is 45.7 Å². The molecule has 1 fully saturated rings. The van der Waals surface area contributed by atoms with Crippen molar-refractivity contribution in [3.8, 4) is 0 Å². The number of carbonyl (C=O) groups excluding carboxylic acids is 1. The molecule has 2 amide bonds. The Bertz CT molecular complexity index is 251. The summed E-state index contributed by atoms with van der Waals surface area (Å²) in [6.07, 6.45) is 1.98. The lowest BCUT2D eigenvalue weighted by Crippen LogP contribution is -2.53. The predicted octanol–water partition coefficient (Wildman–Crippen LogP) is 2.34. The maximum absolute atomic E-state index is 12.2. The number of ether oxygens (including phenoxy) is 1. The van der Waals surface area contributed by atoms with E-state index in [0.717, 1.165) is 24.3 Å². The van der Waals surface area contributed by atoms with Crippen molar-refractivity contribution in [1.82, 2.24) is 10.2 Å². The second kappa shape index (κ2) is 8.64. The number of carbonyl (C=O) groups is 1. The smallest absolute Gasteiger partial charge is 0.318 e. The lowest BCUT2D eigenvalue weighted by molar-refractivity contribution is 0.0108. The molecule has 1 heterocycles. The van der Waals surface area contributed by atoms with Crippen LogP contribution in [0.1, 0.15) is 33.6 Å². The van der Waals surface area contributed by atoms with Crippen molar-refractivity contribution in [3.05, 3.63) is 0 Å². The molecule has 0 aromatic rings. The van der Waals surface area contributed by atoms with Crippen LogP contribution >= 0.6 is 11.8 Å². The van der Waals surface area contributed by atoms with Crippen LogP contribution in [0.2, 0.25) is 0 Å². The van der Waals surface area contributed by atoms with Crippen LogP contribution in [-0.4, -0.2) is 54.3 Å². The van der Waals surface area contributed by atoms with Gasteiger partial charge in [0.15, 0.2) is 0 Å². The van der Waals surface area contributed by atoms with Crippen LogP contribution in [0.3, 0.4) is 0 Å². The van der Waals surface area contributed by atoms with E-state index >= 15 is 0 Å². The number of nitrogens with one attached hydrogen (secondary N) is 1. The third-order valence-corrected chi connectivity index (χ3v) is 4.16. The van der Waals surface area contributed by atoms with E-state index in [1.807, 2.05) is 16.7 Å². The molecule has 4 nitrogen and oxygen atoms in total. The third kappa shape index (κ3) is 5.06. The highest BCUT2D eigenvalue weighted by atomic mass is 32.2. The quantitative estimate of drug-likeness (QED) is 0.756. The van der Waals surface area contributed by atoms with E-state index in [0.29, 0.717) is 19.8 Å². The summed E-state index contributed by atoms with van der Waals surface area (Å²) >= 11 is 1.92. The highest BCUT2D eigenvalue weighted by Gasteiger charge is 2.26. The van der Waals surface area contributed by atoms with Crippen molar-refractivity contribution in [3.63, 3.8) is 0 Å². The Morgan fingerprint density at radius 2 is 2.33 bits per heavy atom. The molecule has 0 radical (unpaired) electrons. The number of urea groups is 1. The fourth-order valence-electron chi connectivity index (χ4n) is 2.03. The molecule has 0 aromatic carbocycles. The molecule has 2 atom stereocenters. The Hall–Kier alpha value is -0.420. The molecular formula is C13H26N2O2S. The third-order valence-electron chi connectivity index (χ3n) is 3.23. The van der Waals surface area contributed by atoms with Crippen molar-refractivity contribution >= 4 is 17.8 Å². The minimum Gasteiger partial charge on any atom is -0.377 e. The summed E-state index contributed by atoms with van der Waals surface area (Å²) in [4.78, 5) is 14.1. The molecule has 106 valence electrons. The molecule has 0 saturated carbocycles. The Morgan fingerprint density at radius 1 is 1.56 bits per heavy atom. The average Bonchev–Trinajstić information content (AvgIpc) is 2.39. The molecule has 1 aliphatic rings. The lowest BCUT2D eigenvalue weighted by atomic mass is 10.2. The molecule has 1 rings (SSSR count). The maximum atomic E-state index is 12.2. The van der Waals surface area contributed by atoms with Crippen molar-refractivity contribution < 1.29 is 9.53 Å². The first-order valence-electron chi connectivity index (χ1n) is 6.91. The molecule has 0 aliphatic carbocycles. The normalized spacial score (nSPS) is 21.7. The zero-order chi connectivity index (χ0) is 13.4. The molecule has 0 aromatic heterocycles. The van der Waals surface area contributed by atoms with Crippen LogP contribution in [0.15, 0.2) is 0 Å². The van der Waals surface area contributed by atoms with Gasteiger partial charge in [-0.15, -0.1) is 0 Å². The van der Waals surface area contributed by atoms with Crippen LogP contribution in [0.5, 0.6) is 0 Å². The van der Waals surface area contributed by atoms with E-state index in [1.165, 1.54) is 0 Å². The summed E-state index contributed by atoms with van der Waals surface area (Å²) in [6, 6.07) is 0.548. The standard InChI is InChI=1S/C13H26N2O2S/c1-4-12-10-17-8-7-15(12)13(16)14-11(3)6-9-18-5-2/h11-12H,4-10H2,1-3H3,(H,14,16). The Balaban J connectivity index is 2.33. The van der Waals surface area contributed by atoms with Gasteiger partial charge >= 0.3 is 6.03 Å². The molecule has 1 aliphatic heterocycles. The van der Waals surface area contributed by atoms with Crippen LogP contribution in [0, 0.1) is 0 Å². The number of rotatable bonds is 6. The average molecular weight is 274 g/mol. The topological polar surface area (TPSA) is 41.6 Å². The first-order valence-corrected chi connectivity index (χ1v) is 8.07. The molecular weight excluding hydrogens is 248 g/mol. The van der Waals surface area contributed by atoms with Crippen LogP contribution in [0.25, 0.3) is 0 Å².